The van der Waals surface area contributed by atoms with E-state index in [-0.39, 0.29) is 31.6 Å². The van der Waals surface area contributed by atoms with Crippen molar-refractivity contribution in [1.29, 1.82) is 0 Å². The molecule has 0 N–H and O–H groups in total. The Balaban J connectivity index is 4.41. The van der Waals surface area contributed by atoms with Crippen molar-refractivity contribution in [2.45, 2.75) is 297 Å². The van der Waals surface area contributed by atoms with Crippen LogP contribution >= 0.6 is 0 Å². The van der Waals surface area contributed by atoms with Gasteiger partial charge in [-0.1, -0.05) is 283 Å². The van der Waals surface area contributed by atoms with Crippen molar-refractivity contribution in [3.63, 3.8) is 0 Å². The van der Waals surface area contributed by atoms with Gasteiger partial charge >= 0.3 is 17.9 Å². The van der Waals surface area contributed by atoms with Crippen LogP contribution in [0.1, 0.15) is 290 Å². The third-order valence-corrected chi connectivity index (χ3v) is 13.6. The molecule has 0 aliphatic carbocycles. The molecule has 0 radical (unpaired) electrons. The first-order valence-corrected chi connectivity index (χ1v) is 32.7. The predicted molar refractivity (Wildman–Crippen MR) is 343 cm³/mol. The fraction of sp³-hybridized carbons (Fsp3) is 0.658. The standard InChI is InChI=1S/C73H120O6/c1-4-7-10-13-16-19-22-25-28-30-32-33-34-35-36-37-38-39-41-42-45-48-51-54-57-60-63-66-72(75)78-69-70(68-77-71(74)65-62-59-56-53-50-47-44-27-24-21-18-15-12-9-6-3)79-73(76)67-64-61-58-55-52-49-46-43-40-31-29-26-23-20-17-14-11-8-5-2/h8-9,11-12,17-18,20-22,25-27,29-30,32,40,43-44,49,52,58,61,70H,4-7,10,13-16,19,23-24,28,31,33-39,41-42,45-48,50-51,53-57,59-60,62-69H2,1-3H3/b11-8-,12-9-,20-17-,21-18-,25-22-,29-26-,32-30-,43-40-,44-27-,52-49-,61-58-. The third kappa shape index (κ3) is 64.3. The van der Waals surface area contributed by atoms with Crippen LogP contribution in [0.15, 0.2) is 134 Å². The van der Waals surface area contributed by atoms with E-state index in [2.05, 4.69) is 148 Å². The number of allylic oxidation sites excluding steroid dienone is 22. The second-order valence-corrected chi connectivity index (χ2v) is 21.3. The van der Waals surface area contributed by atoms with Gasteiger partial charge in [0.15, 0.2) is 6.10 Å². The van der Waals surface area contributed by atoms with E-state index in [1.165, 1.54) is 122 Å². The highest BCUT2D eigenvalue weighted by molar-refractivity contribution is 5.71. The van der Waals surface area contributed by atoms with Crippen molar-refractivity contribution in [2.75, 3.05) is 13.2 Å². The summed E-state index contributed by atoms with van der Waals surface area (Å²) in [6, 6.07) is 0. The molecule has 1 unspecified atom stereocenters. The minimum absolute atomic E-state index is 0.117. The van der Waals surface area contributed by atoms with Gasteiger partial charge in [0.1, 0.15) is 13.2 Å². The average molecular weight is 1090 g/mol. The highest BCUT2D eigenvalue weighted by atomic mass is 16.6. The van der Waals surface area contributed by atoms with E-state index >= 15 is 0 Å². The van der Waals surface area contributed by atoms with Crippen LogP contribution in [0.3, 0.4) is 0 Å². The molecule has 0 rings (SSSR count). The summed E-state index contributed by atoms with van der Waals surface area (Å²) in [5, 5.41) is 0. The monoisotopic (exact) mass is 1090 g/mol. The number of ether oxygens (including phenoxy) is 3. The third-order valence-electron chi connectivity index (χ3n) is 13.6. The van der Waals surface area contributed by atoms with Crippen molar-refractivity contribution in [3.05, 3.63) is 134 Å². The molecule has 0 aliphatic rings. The number of carbonyl (C=O) groups excluding carboxylic acids is 3. The summed E-state index contributed by atoms with van der Waals surface area (Å²) in [6.07, 6.45) is 93.4. The molecule has 448 valence electrons. The minimum Gasteiger partial charge on any atom is -0.462 e. The number of hydrogen-bond donors (Lipinski definition) is 0. The molecule has 0 heterocycles. The van der Waals surface area contributed by atoms with Gasteiger partial charge in [-0.15, -0.1) is 0 Å². The zero-order valence-corrected chi connectivity index (χ0v) is 51.3. The summed E-state index contributed by atoms with van der Waals surface area (Å²) in [5.74, 6) is -1.02. The van der Waals surface area contributed by atoms with E-state index in [1.54, 1.807) is 0 Å². The molecule has 0 amide bonds. The SMILES string of the molecule is CC/C=C\C/C=C\C/C=C\C/C=C\C/C=C\C/C=C\CCC(=O)OC(COC(=O)CCCCCCC/C=C\C/C=C\C/C=C\CC)COC(=O)CCCCCCCCCCCCCCCCC/C=C\C/C=C\CCCCCCC. The van der Waals surface area contributed by atoms with Crippen molar-refractivity contribution in [3.8, 4) is 0 Å². The van der Waals surface area contributed by atoms with Gasteiger partial charge in [0.05, 0.1) is 0 Å². The molecule has 1 atom stereocenters. The number of hydrogen-bond acceptors (Lipinski definition) is 6. The first-order valence-electron chi connectivity index (χ1n) is 32.7. The smallest absolute Gasteiger partial charge is 0.306 e. The van der Waals surface area contributed by atoms with Gasteiger partial charge in [-0.05, 0) is 122 Å². The Labute approximate surface area is 487 Å². The fourth-order valence-corrected chi connectivity index (χ4v) is 8.81. The molecule has 6 heteroatoms. The lowest BCUT2D eigenvalue weighted by Crippen LogP contribution is -2.30. The number of unbranched alkanes of at least 4 members (excludes halogenated alkanes) is 25. The summed E-state index contributed by atoms with van der Waals surface area (Å²) in [5.41, 5.74) is 0. The zero-order chi connectivity index (χ0) is 57.1. The molecular formula is C73H120O6. The highest BCUT2D eigenvalue weighted by Crippen LogP contribution is 2.16. The fourth-order valence-electron chi connectivity index (χ4n) is 8.81. The maximum Gasteiger partial charge on any atom is 0.306 e. The second-order valence-electron chi connectivity index (χ2n) is 21.3. The molecule has 0 aliphatic heterocycles. The Bertz CT molecular complexity index is 1680. The Hall–Kier alpha value is -4.45. The molecular weight excluding hydrogens is 973 g/mol. The Morgan fingerprint density at radius 3 is 0.823 bits per heavy atom. The van der Waals surface area contributed by atoms with Crippen LogP contribution in [0.2, 0.25) is 0 Å². The van der Waals surface area contributed by atoms with Crippen LogP contribution in [0, 0.1) is 0 Å². The van der Waals surface area contributed by atoms with Crippen molar-refractivity contribution in [2.24, 2.45) is 0 Å². The Morgan fingerprint density at radius 1 is 0.266 bits per heavy atom. The lowest BCUT2D eigenvalue weighted by Gasteiger charge is -2.18. The molecule has 0 aromatic heterocycles. The van der Waals surface area contributed by atoms with Crippen LogP contribution in [0.5, 0.6) is 0 Å². The molecule has 0 aromatic carbocycles. The summed E-state index contributed by atoms with van der Waals surface area (Å²) in [6.45, 7) is 6.34. The molecule has 0 bridgehead atoms. The van der Waals surface area contributed by atoms with E-state index in [1.807, 2.05) is 6.08 Å². The van der Waals surface area contributed by atoms with E-state index in [9.17, 15) is 14.4 Å². The van der Waals surface area contributed by atoms with Gasteiger partial charge in [-0.25, -0.2) is 0 Å². The van der Waals surface area contributed by atoms with Crippen LogP contribution in [0.4, 0.5) is 0 Å². The molecule has 0 saturated carbocycles. The van der Waals surface area contributed by atoms with E-state index in [0.29, 0.717) is 19.3 Å². The van der Waals surface area contributed by atoms with Crippen LogP contribution in [-0.4, -0.2) is 37.2 Å². The normalized spacial score (nSPS) is 13.0. The molecule has 0 saturated heterocycles. The molecule has 0 fully saturated rings. The Kier molecular flexibility index (Phi) is 62.3. The Morgan fingerprint density at radius 2 is 0.519 bits per heavy atom. The van der Waals surface area contributed by atoms with Gasteiger partial charge in [-0.3, -0.25) is 14.4 Å². The molecule has 0 aromatic rings. The number of rotatable bonds is 58. The maximum atomic E-state index is 12.9. The summed E-state index contributed by atoms with van der Waals surface area (Å²) in [7, 11) is 0. The highest BCUT2D eigenvalue weighted by Gasteiger charge is 2.19. The first-order chi connectivity index (χ1) is 39.0. The summed E-state index contributed by atoms with van der Waals surface area (Å²) in [4.78, 5) is 38.3. The zero-order valence-electron chi connectivity index (χ0n) is 51.3. The van der Waals surface area contributed by atoms with Gasteiger partial charge in [0.25, 0.3) is 0 Å². The summed E-state index contributed by atoms with van der Waals surface area (Å²) >= 11 is 0. The molecule has 6 nitrogen and oxygen atoms in total. The van der Waals surface area contributed by atoms with Crippen molar-refractivity contribution < 1.29 is 28.6 Å². The summed E-state index contributed by atoms with van der Waals surface area (Å²) < 4.78 is 16.8. The maximum absolute atomic E-state index is 12.9. The van der Waals surface area contributed by atoms with E-state index in [0.717, 1.165) is 122 Å². The van der Waals surface area contributed by atoms with Gasteiger partial charge in [0, 0.05) is 19.3 Å². The molecule has 0 spiro atoms. The van der Waals surface area contributed by atoms with E-state index < -0.39 is 12.1 Å². The average Bonchev–Trinajstić information content (AvgIpc) is 3.45. The first kappa shape index (κ1) is 74.5. The predicted octanol–water partition coefficient (Wildman–Crippen LogP) is 22.5. The number of carbonyl (C=O) groups is 3. The minimum atomic E-state index is -0.831. The lowest BCUT2D eigenvalue weighted by atomic mass is 10.0. The quantitative estimate of drug-likeness (QED) is 0.0261. The van der Waals surface area contributed by atoms with Gasteiger partial charge < -0.3 is 14.2 Å². The number of esters is 3. The van der Waals surface area contributed by atoms with Gasteiger partial charge in [-0.2, -0.15) is 0 Å². The van der Waals surface area contributed by atoms with E-state index in [4.69, 9.17) is 14.2 Å². The second kappa shape index (κ2) is 66.1. The van der Waals surface area contributed by atoms with Crippen molar-refractivity contribution >= 4 is 17.9 Å². The van der Waals surface area contributed by atoms with Gasteiger partial charge in [0.2, 0.25) is 0 Å². The van der Waals surface area contributed by atoms with Crippen LogP contribution < -0.4 is 0 Å². The van der Waals surface area contributed by atoms with Crippen LogP contribution in [0.25, 0.3) is 0 Å². The van der Waals surface area contributed by atoms with Crippen LogP contribution in [-0.2, 0) is 28.6 Å². The molecule has 79 heavy (non-hydrogen) atoms. The largest absolute Gasteiger partial charge is 0.462 e. The lowest BCUT2D eigenvalue weighted by molar-refractivity contribution is -0.166. The topological polar surface area (TPSA) is 78.9 Å². The van der Waals surface area contributed by atoms with Crippen molar-refractivity contribution in [1.82, 2.24) is 0 Å².